The van der Waals surface area contributed by atoms with Crippen LogP contribution in [0.3, 0.4) is 0 Å². The molecular weight excluding hydrogens is 567 g/mol. The van der Waals surface area contributed by atoms with Gasteiger partial charge in [-0.2, -0.15) is 5.10 Å². The number of hydrogen-bond donors (Lipinski definition) is 4. The second-order valence-corrected chi connectivity index (χ2v) is 11.7. The molecular formula is C31H45FN8O4. The number of nitrogens with zero attached hydrogens (tertiary/aromatic N) is 4. The highest BCUT2D eigenvalue weighted by molar-refractivity contribution is 6.00. The lowest BCUT2D eigenvalue weighted by atomic mass is 9.83. The Morgan fingerprint density at radius 2 is 1.73 bits per heavy atom. The van der Waals surface area contributed by atoms with E-state index >= 15 is 4.39 Å². The van der Waals surface area contributed by atoms with E-state index in [0.29, 0.717) is 30.9 Å². The molecule has 240 valence electrons. The first kappa shape index (κ1) is 32.9. The molecule has 2 aliphatic rings. The average molecular weight is 613 g/mol. The Morgan fingerprint density at radius 1 is 1.02 bits per heavy atom. The topological polar surface area (TPSA) is 141 Å². The van der Waals surface area contributed by atoms with E-state index in [9.17, 15) is 19.2 Å². The fourth-order valence-corrected chi connectivity index (χ4v) is 6.01. The number of benzene rings is 1. The van der Waals surface area contributed by atoms with E-state index in [4.69, 9.17) is 0 Å². The Hall–Kier alpha value is -4.00. The minimum Gasteiger partial charge on any atom is -0.341 e. The Kier molecular flexibility index (Phi) is 11.3. The minimum atomic E-state index is -0.916. The highest BCUT2D eigenvalue weighted by Gasteiger charge is 2.34. The van der Waals surface area contributed by atoms with Crippen LogP contribution >= 0.6 is 0 Å². The molecule has 2 heterocycles. The largest absolute Gasteiger partial charge is 0.341 e. The molecule has 2 fully saturated rings. The van der Waals surface area contributed by atoms with Crippen LogP contribution in [0.5, 0.6) is 0 Å². The fourth-order valence-electron chi connectivity index (χ4n) is 6.01. The summed E-state index contributed by atoms with van der Waals surface area (Å²) in [6.07, 6.45) is 6.09. The number of rotatable bonds is 10. The van der Waals surface area contributed by atoms with Gasteiger partial charge >= 0.3 is 6.03 Å². The van der Waals surface area contributed by atoms with E-state index in [-0.39, 0.29) is 17.5 Å². The third kappa shape index (κ3) is 7.93. The molecule has 4 N–H and O–H groups in total. The summed E-state index contributed by atoms with van der Waals surface area (Å²) in [4.78, 5) is 56.3. The zero-order valence-corrected chi connectivity index (χ0v) is 26.1. The van der Waals surface area contributed by atoms with Crippen LogP contribution in [0.15, 0.2) is 30.5 Å². The van der Waals surface area contributed by atoms with Crippen molar-refractivity contribution in [1.29, 1.82) is 0 Å². The summed E-state index contributed by atoms with van der Waals surface area (Å²) >= 11 is 0. The molecule has 0 bridgehead atoms. The molecule has 3 atom stereocenters. The van der Waals surface area contributed by atoms with Gasteiger partial charge in [0, 0.05) is 51.9 Å². The van der Waals surface area contributed by atoms with Gasteiger partial charge in [0.2, 0.25) is 11.8 Å². The van der Waals surface area contributed by atoms with Gasteiger partial charge in [-0.15, -0.1) is 0 Å². The number of carbonyl (C=O) groups excluding carboxylic acids is 4. The smallest absolute Gasteiger partial charge is 0.315 e. The normalized spacial score (nSPS) is 18.2. The van der Waals surface area contributed by atoms with Crippen molar-refractivity contribution >= 4 is 29.4 Å². The van der Waals surface area contributed by atoms with Crippen LogP contribution in [0.25, 0.3) is 0 Å². The second kappa shape index (κ2) is 15.1. The molecule has 1 aliphatic heterocycles. The molecule has 0 spiro atoms. The van der Waals surface area contributed by atoms with Crippen molar-refractivity contribution in [3.8, 4) is 0 Å². The predicted octanol–water partition coefficient (Wildman–Crippen LogP) is 2.53. The number of aryl methyl sites for hydroxylation is 1. The molecule has 1 saturated carbocycles. The molecule has 13 heteroatoms. The van der Waals surface area contributed by atoms with Crippen LogP contribution in [0.4, 0.5) is 14.9 Å². The number of amides is 5. The van der Waals surface area contributed by atoms with E-state index in [2.05, 4.69) is 31.3 Å². The van der Waals surface area contributed by atoms with Crippen LogP contribution in [-0.4, -0.2) is 95.7 Å². The van der Waals surface area contributed by atoms with Gasteiger partial charge in [0.25, 0.3) is 5.91 Å². The zero-order chi connectivity index (χ0) is 31.8. The molecule has 44 heavy (non-hydrogen) atoms. The molecule has 5 amide bonds. The third-order valence-corrected chi connectivity index (χ3v) is 8.81. The number of anilines is 1. The van der Waals surface area contributed by atoms with Crippen LogP contribution in [0.1, 0.15) is 67.9 Å². The summed E-state index contributed by atoms with van der Waals surface area (Å²) in [6.45, 7) is 6.66. The van der Waals surface area contributed by atoms with E-state index in [0.717, 1.165) is 45.2 Å². The summed E-state index contributed by atoms with van der Waals surface area (Å²) < 4.78 is 17.1. The van der Waals surface area contributed by atoms with E-state index in [1.54, 1.807) is 34.8 Å². The van der Waals surface area contributed by atoms with E-state index in [1.807, 2.05) is 14.0 Å². The Balaban J connectivity index is 1.51. The quantitative estimate of drug-likeness (QED) is 0.325. The summed E-state index contributed by atoms with van der Waals surface area (Å²) in [6, 6.07) is 3.73. The maximum atomic E-state index is 15.5. The van der Waals surface area contributed by atoms with Gasteiger partial charge in [0.15, 0.2) is 0 Å². The van der Waals surface area contributed by atoms with Crippen molar-refractivity contribution in [2.75, 3.05) is 45.6 Å². The number of hydrogen-bond acceptors (Lipinski definition) is 6. The highest BCUT2D eigenvalue weighted by Crippen LogP contribution is 2.29. The number of aromatic nitrogens is 2. The number of halogens is 1. The van der Waals surface area contributed by atoms with Gasteiger partial charge in [-0.05, 0) is 56.5 Å². The molecule has 1 aromatic carbocycles. The summed E-state index contributed by atoms with van der Waals surface area (Å²) in [5.74, 6) is -2.44. The molecule has 12 nitrogen and oxygen atoms in total. The van der Waals surface area contributed by atoms with Gasteiger partial charge in [-0.1, -0.05) is 32.3 Å². The predicted molar refractivity (Wildman–Crippen MR) is 165 cm³/mol. The minimum absolute atomic E-state index is 0.0270. The van der Waals surface area contributed by atoms with Crippen molar-refractivity contribution < 1.29 is 23.6 Å². The number of likely N-dealkylation sites (N-methyl/N-ethyl adjacent to an activating group) is 1. The molecule has 4 rings (SSSR count). The van der Waals surface area contributed by atoms with Crippen molar-refractivity contribution in [2.24, 2.45) is 5.92 Å². The Labute approximate surface area is 258 Å². The van der Waals surface area contributed by atoms with Crippen molar-refractivity contribution in [3.05, 3.63) is 47.5 Å². The first-order valence-corrected chi connectivity index (χ1v) is 15.5. The lowest BCUT2D eigenvalue weighted by molar-refractivity contribution is -0.135. The molecule has 0 unspecified atom stereocenters. The first-order valence-electron chi connectivity index (χ1n) is 15.5. The highest BCUT2D eigenvalue weighted by atomic mass is 19.1. The Morgan fingerprint density at radius 3 is 2.36 bits per heavy atom. The maximum absolute atomic E-state index is 15.5. The SMILES string of the molecule is CCn1nccc1C(=O)N[C@H](C(=O)Nc1ccc([C@H](C)[C@@H](NC(=O)NC)C(=O)N2CCN(C)CC2)cc1F)C1CCCCC1. The van der Waals surface area contributed by atoms with Crippen molar-refractivity contribution in [3.63, 3.8) is 0 Å². The fraction of sp³-hybridized carbons (Fsp3) is 0.581. The number of urea groups is 1. The third-order valence-electron chi connectivity index (χ3n) is 8.81. The summed E-state index contributed by atoms with van der Waals surface area (Å²) in [7, 11) is 3.46. The van der Waals surface area contributed by atoms with Gasteiger partial charge in [-0.3, -0.25) is 19.1 Å². The summed E-state index contributed by atoms with van der Waals surface area (Å²) in [5, 5.41) is 15.0. The molecule has 1 aliphatic carbocycles. The lowest BCUT2D eigenvalue weighted by Gasteiger charge is -2.36. The Bertz CT molecular complexity index is 1320. The number of piperazine rings is 1. The van der Waals surface area contributed by atoms with Gasteiger partial charge < -0.3 is 31.1 Å². The first-order chi connectivity index (χ1) is 21.1. The van der Waals surface area contributed by atoms with Crippen LogP contribution in [-0.2, 0) is 16.1 Å². The van der Waals surface area contributed by atoms with Gasteiger partial charge in [-0.25, -0.2) is 9.18 Å². The van der Waals surface area contributed by atoms with Gasteiger partial charge in [0.05, 0.1) is 5.69 Å². The second-order valence-electron chi connectivity index (χ2n) is 11.7. The zero-order valence-electron chi connectivity index (χ0n) is 26.1. The van der Waals surface area contributed by atoms with E-state index < -0.39 is 41.7 Å². The van der Waals surface area contributed by atoms with Crippen LogP contribution in [0.2, 0.25) is 0 Å². The molecule has 1 aromatic heterocycles. The van der Waals surface area contributed by atoms with E-state index in [1.165, 1.54) is 19.2 Å². The summed E-state index contributed by atoms with van der Waals surface area (Å²) in [5.41, 5.74) is 0.826. The molecule has 0 radical (unpaired) electrons. The number of nitrogens with one attached hydrogen (secondary N) is 4. The number of carbonyl (C=O) groups is 4. The van der Waals surface area contributed by atoms with Crippen LogP contribution in [0, 0.1) is 11.7 Å². The van der Waals surface area contributed by atoms with Crippen molar-refractivity contribution in [2.45, 2.75) is 70.5 Å². The van der Waals surface area contributed by atoms with Crippen molar-refractivity contribution in [1.82, 2.24) is 35.5 Å². The monoisotopic (exact) mass is 612 g/mol. The average Bonchev–Trinajstić information content (AvgIpc) is 3.52. The lowest BCUT2D eigenvalue weighted by Crippen LogP contribution is -2.56. The van der Waals surface area contributed by atoms with Crippen LogP contribution < -0.4 is 21.3 Å². The molecule has 2 aromatic rings. The standard InChI is InChI=1S/C31H45FN8O4/c1-5-40-25(13-14-34-40)28(41)36-27(21-9-7-6-8-10-21)29(42)35-24-12-11-22(19-23(24)32)20(2)26(37-31(44)33-3)30(43)39-17-15-38(4)16-18-39/h11-14,19-21,26-27H,5-10,15-18H2,1-4H3,(H,35,42)(H,36,41)(H2,33,37,44)/t20-,26+,27-/m0/s1. The molecule has 1 saturated heterocycles. The van der Waals surface area contributed by atoms with Gasteiger partial charge in [0.1, 0.15) is 23.6 Å². The maximum Gasteiger partial charge on any atom is 0.315 e.